The molecule has 2 amide bonds. The Hall–Kier alpha value is -1.59. The standard InChI is InChI=1S/C22H29ClN2O3/c23-18-6-4-16(5-7-18)20(27)24-13-8-17(9-14-24)21(28)25-12-2-11-22(15-25)10-1-3-19(22)26/h4-7,17,19,26H,1-3,8-15H2/t19-,22-/m1/s1. The highest BCUT2D eigenvalue weighted by molar-refractivity contribution is 6.30. The van der Waals surface area contributed by atoms with Gasteiger partial charge in [-0.15, -0.1) is 0 Å². The number of halogens is 1. The average Bonchev–Trinajstić information content (AvgIpc) is 3.07. The summed E-state index contributed by atoms with van der Waals surface area (Å²) in [6.07, 6.45) is 6.15. The van der Waals surface area contributed by atoms with Gasteiger partial charge in [-0.1, -0.05) is 18.0 Å². The van der Waals surface area contributed by atoms with E-state index in [9.17, 15) is 14.7 Å². The summed E-state index contributed by atoms with van der Waals surface area (Å²) in [4.78, 5) is 29.6. The van der Waals surface area contributed by atoms with Crippen molar-refractivity contribution < 1.29 is 14.7 Å². The van der Waals surface area contributed by atoms with Gasteiger partial charge in [0.15, 0.2) is 0 Å². The monoisotopic (exact) mass is 404 g/mol. The lowest BCUT2D eigenvalue weighted by Crippen LogP contribution is -2.52. The van der Waals surface area contributed by atoms with Crippen LogP contribution < -0.4 is 0 Å². The molecule has 1 aromatic carbocycles. The molecule has 0 radical (unpaired) electrons. The van der Waals surface area contributed by atoms with E-state index in [1.54, 1.807) is 24.3 Å². The van der Waals surface area contributed by atoms with Crippen LogP contribution in [0.25, 0.3) is 0 Å². The van der Waals surface area contributed by atoms with Crippen molar-refractivity contribution in [3.05, 3.63) is 34.9 Å². The van der Waals surface area contributed by atoms with E-state index in [1.807, 2.05) is 9.80 Å². The predicted molar refractivity (Wildman–Crippen MR) is 108 cm³/mol. The number of nitrogens with zero attached hydrogens (tertiary/aromatic N) is 2. The maximum absolute atomic E-state index is 13.1. The second-order valence-corrected chi connectivity index (χ2v) is 9.14. The molecule has 6 heteroatoms. The summed E-state index contributed by atoms with van der Waals surface area (Å²) < 4.78 is 0. The van der Waals surface area contributed by atoms with Crippen LogP contribution in [0.4, 0.5) is 0 Å². The topological polar surface area (TPSA) is 60.9 Å². The third-order valence-electron chi connectivity index (χ3n) is 7.00. The Balaban J connectivity index is 1.34. The minimum atomic E-state index is -0.262. The summed E-state index contributed by atoms with van der Waals surface area (Å²) in [6, 6.07) is 6.97. The molecule has 2 saturated heterocycles. The van der Waals surface area contributed by atoms with Gasteiger partial charge in [-0.25, -0.2) is 0 Å². The normalized spacial score (nSPS) is 28.7. The third-order valence-corrected chi connectivity index (χ3v) is 7.25. The van der Waals surface area contributed by atoms with Crippen molar-refractivity contribution in [2.24, 2.45) is 11.3 Å². The molecule has 0 bridgehead atoms. The molecule has 2 aliphatic heterocycles. The van der Waals surface area contributed by atoms with Crippen LogP contribution >= 0.6 is 11.6 Å². The highest BCUT2D eigenvalue weighted by Gasteiger charge is 2.46. The van der Waals surface area contributed by atoms with Crippen molar-refractivity contribution in [1.29, 1.82) is 0 Å². The third kappa shape index (κ3) is 3.79. The van der Waals surface area contributed by atoms with Gasteiger partial charge in [0.2, 0.25) is 5.91 Å². The highest BCUT2D eigenvalue weighted by Crippen LogP contribution is 2.45. The molecule has 5 nitrogen and oxygen atoms in total. The number of benzene rings is 1. The first kappa shape index (κ1) is 19.7. The number of carbonyl (C=O) groups excluding carboxylic acids is 2. The number of hydrogen-bond acceptors (Lipinski definition) is 3. The second-order valence-electron chi connectivity index (χ2n) is 8.71. The zero-order valence-corrected chi connectivity index (χ0v) is 17.0. The van der Waals surface area contributed by atoms with E-state index in [-0.39, 0.29) is 29.3 Å². The van der Waals surface area contributed by atoms with Gasteiger partial charge in [0.25, 0.3) is 5.91 Å². The number of aliphatic hydroxyl groups is 1. The summed E-state index contributed by atoms with van der Waals surface area (Å²) in [5.41, 5.74) is 0.571. The number of piperidine rings is 2. The molecule has 0 unspecified atom stereocenters. The Kier molecular flexibility index (Phi) is 5.66. The largest absolute Gasteiger partial charge is 0.392 e. The van der Waals surface area contributed by atoms with Gasteiger partial charge < -0.3 is 14.9 Å². The first-order valence-electron chi connectivity index (χ1n) is 10.5. The van der Waals surface area contributed by atoms with Crippen LogP contribution in [0.1, 0.15) is 55.3 Å². The van der Waals surface area contributed by atoms with Crippen LogP contribution in [0, 0.1) is 11.3 Å². The van der Waals surface area contributed by atoms with Crippen LogP contribution in [-0.2, 0) is 4.79 Å². The van der Waals surface area contributed by atoms with Crippen LogP contribution in [0.2, 0.25) is 5.02 Å². The number of aliphatic hydroxyl groups excluding tert-OH is 1. The van der Waals surface area contributed by atoms with Crippen molar-refractivity contribution in [2.75, 3.05) is 26.2 Å². The summed E-state index contributed by atoms with van der Waals surface area (Å²) in [7, 11) is 0. The Morgan fingerprint density at radius 1 is 0.964 bits per heavy atom. The van der Waals surface area contributed by atoms with Gasteiger partial charge in [-0.2, -0.15) is 0 Å². The molecule has 1 aromatic rings. The molecule has 152 valence electrons. The highest BCUT2D eigenvalue weighted by atomic mass is 35.5. The van der Waals surface area contributed by atoms with Crippen molar-refractivity contribution in [3.8, 4) is 0 Å². The number of hydrogen-bond donors (Lipinski definition) is 1. The van der Waals surface area contributed by atoms with Crippen molar-refractivity contribution in [2.45, 2.75) is 51.0 Å². The Morgan fingerprint density at radius 2 is 1.64 bits per heavy atom. The summed E-state index contributed by atoms with van der Waals surface area (Å²) in [5, 5.41) is 11.1. The molecular formula is C22H29ClN2O3. The van der Waals surface area contributed by atoms with Gasteiger partial charge in [-0.05, 0) is 62.8 Å². The lowest BCUT2D eigenvalue weighted by atomic mass is 9.76. The van der Waals surface area contributed by atoms with Gasteiger partial charge in [0, 0.05) is 48.1 Å². The molecule has 1 spiro atoms. The second kappa shape index (κ2) is 8.03. The molecule has 1 saturated carbocycles. The molecular weight excluding hydrogens is 376 g/mol. The van der Waals surface area contributed by atoms with E-state index < -0.39 is 0 Å². The van der Waals surface area contributed by atoms with Crippen molar-refractivity contribution in [1.82, 2.24) is 9.80 Å². The minimum absolute atomic E-state index is 0.00793. The molecule has 1 N–H and O–H groups in total. The van der Waals surface area contributed by atoms with Crippen molar-refractivity contribution >= 4 is 23.4 Å². The first-order valence-corrected chi connectivity index (χ1v) is 10.9. The van der Waals surface area contributed by atoms with Crippen LogP contribution in [0.15, 0.2) is 24.3 Å². The lowest BCUT2D eigenvalue weighted by Gasteiger charge is -2.44. The average molecular weight is 405 g/mol. The summed E-state index contributed by atoms with van der Waals surface area (Å²) in [6.45, 7) is 2.73. The van der Waals surface area contributed by atoms with Gasteiger partial charge in [0.1, 0.15) is 0 Å². The van der Waals surface area contributed by atoms with E-state index in [1.165, 1.54) is 0 Å². The molecule has 3 fully saturated rings. The number of likely N-dealkylation sites (tertiary alicyclic amines) is 2. The molecule has 28 heavy (non-hydrogen) atoms. The zero-order chi connectivity index (χ0) is 19.7. The van der Waals surface area contributed by atoms with Gasteiger partial charge in [0.05, 0.1) is 6.10 Å². The Bertz CT molecular complexity index is 730. The quantitative estimate of drug-likeness (QED) is 0.822. The van der Waals surface area contributed by atoms with Crippen molar-refractivity contribution in [3.63, 3.8) is 0 Å². The molecule has 4 rings (SSSR count). The van der Waals surface area contributed by atoms with Crippen LogP contribution in [0.3, 0.4) is 0 Å². The summed E-state index contributed by atoms with van der Waals surface area (Å²) in [5.74, 6) is 0.216. The molecule has 2 atom stereocenters. The van der Waals surface area contributed by atoms with Gasteiger partial charge in [-0.3, -0.25) is 9.59 Å². The molecule has 1 aliphatic carbocycles. The fourth-order valence-corrected chi connectivity index (χ4v) is 5.43. The lowest BCUT2D eigenvalue weighted by molar-refractivity contribution is -0.142. The Labute approximate surface area is 171 Å². The van der Waals surface area contributed by atoms with E-state index in [4.69, 9.17) is 11.6 Å². The first-order chi connectivity index (χ1) is 13.5. The molecule has 0 aromatic heterocycles. The summed E-state index contributed by atoms with van der Waals surface area (Å²) >= 11 is 5.90. The predicted octanol–water partition coefficient (Wildman–Crippen LogP) is 3.35. The van der Waals surface area contributed by atoms with Crippen LogP contribution in [-0.4, -0.2) is 59.0 Å². The molecule has 3 aliphatic rings. The number of carbonyl (C=O) groups is 2. The smallest absolute Gasteiger partial charge is 0.253 e. The van der Waals surface area contributed by atoms with Crippen LogP contribution in [0.5, 0.6) is 0 Å². The zero-order valence-electron chi connectivity index (χ0n) is 16.3. The fourth-order valence-electron chi connectivity index (χ4n) is 5.31. The Morgan fingerprint density at radius 3 is 2.29 bits per heavy atom. The fraction of sp³-hybridized carbons (Fsp3) is 0.636. The van der Waals surface area contributed by atoms with E-state index in [0.717, 1.165) is 38.6 Å². The number of amides is 2. The number of rotatable bonds is 2. The van der Waals surface area contributed by atoms with E-state index in [0.29, 0.717) is 43.1 Å². The minimum Gasteiger partial charge on any atom is -0.392 e. The van der Waals surface area contributed by atoms with Gasteiger partial charge >= 0.3 is 0 Å². The van der Waals surface area contributed by atoms with E-state index >= 15 is 0 Å². The molecule has 2 heterocycles. The SMILES string of the molecule is O=C(c1ccc(Cl)cc1)N1CCC(C(=O)N2CCC[C@]3(CCC[C@H]3O)C2)CC1. The maximum atomic E-state index is 13.1. The maximum Gasteiger partial charge on any atom is 0.253 e. The van der Waals surface area contributed by atoms with E-state index in [2.05, 4.69) is 0 Å².